The van der Waals surface area contributed by atoms with Crippen LogP contribution in [0, 0.1) is 0 Å². The summed E-state index contributed by atoms with van der Waals surface area (Å²) < 4.78 is 1.20. The molecular weight excluding hydrogens is 600 g/mol. The summed E-state index contributed by atoms with van der Waals surface area (Å²) in [5.74, 6) is 0. The first-order chi connectivity index (χ1) is 15.0. The summed E-state index contributed by atoms with van der Waals surface area (Å²) in [4.78, 5) is 6.87. The molecular formula is C22H30Br2Cl3N5. The SMILES string of the molecule is Brc1cnc2c(c1)CCC2.Brc1cnnnc1.C.C1=C(N2CCCC2)CCC1.ClC(Cl)Cl. The van der Waals surface area contributed by atoms with Gasteiger partial charge >= 0.3 is 0 Å². The number of halogens is 5. The fraction of sp³-hybridized carbons (Fsp3) is 0.545. The van der Waals surface area contributed by atoms with Crippen molar-refractivity contribution in [2.75, 3.05) is 13.1 Å². The molecule has 10 heteroatoms. The molecule has 32 heavy (non-hydrogen) atoms. The lowest BCUT2D eigenvalue weighted by Crippen LogP contribution is -2.16. The van der Waals surface area contributed by atoms with Crippen molar-refractivity contribution in [2.24, 2.45) is 0 Å². The van der Waals surface area contributed by atoms with Crippen molar-refractivity contribution in [3.8, 4) is 0 Å². The van der Waals surface area contributed by atoms with Crippen LogP contribution in [0.5, 0.6) is 0 Å². The van der Waals surface area contributed by atoms with E-state index < -0.39 is 4.30 Å². The predicted molar refractivity (Wildman–Crippen MR) is 142 cm³/mol. The number of hydrogen-bond acceptors (Lipinski definition) is 5. The second-order valence-corrected chi connectivity index (χ2v) is 10.9. The van der Waals surface area contributed by atoms with E-state index in [9.17, 15) is 0 Å². The molecule has 5 nitrogen and oxygen atoms in total. The number of hydrogen-bond donors (Lipinski definition) is 0. The summed E-state index contributed by atoms with van der Waals surface area (Å²) >= 11 is 21.0. The van der Waals surface area contributed by atoms with Gasteiger partial charge in [0, 0.05) is 35.2 Å². The Bertz CT molecular complexity index is 801. The third-order valence-electron chi connectivity index (χ3n) is 4.88. The number of pyridine rings is 1. The standard InChI is InChI=1S/C9H15N.C8H8BrN.C3H2BrN3.CHCl3.CH4/c1-2-6-9(5-1)10-7-3-4-8-10;9-7-4-6-2-1-3-8(6)10-5-7;4-3-1-5-7-6-2-3;2-1(3)4;/h5H,1-4,6-8H2;4-5H,1-3H2;1-2H;1H;1H4. The molecule has 0 saturated carbocycles. The largest absolute Gasteiger partial charge is 0.375 e. The zero-order chi connectivity index (χ0) is 22.5. The highest BCUT2D eigenvalue weighted by atomic mass is 79.9. The van der Waals surface area contributed by atoms with Crippen molar-refractivity contribution in [3.63, 3.8) is 0 Å². The van der Waals surface area contributed by atoms with Crippen LogP contribution in [0.4, 0.5) is 0 Å². The van der Waals surface area contributed by atoms with Gasteiger partial charge in [0.15, 0.2) is 4.30 Å². The van der Waals surface area contributed by atoms with Crippen LogP contribution < -0.4 is 0 Å². The molecule has 1 aliphatic heterocycles. The van der Waals surface area contributed by atoms with Crippen molar-refractivity contribution >= 4 is 66.7 Å². The number of aryl methyl sites for hydroxylation is 2. The molecule has 2 aromatic rings. The van der Waals surface area contributed by atoms with E-state index >= 15 is 0 Å². The first kappa shape index (κ1) is 29.6. The number of aromatic nitrogens is 4. The molecule has 2 aromatic heterocycles. The molecule has 0 unspecified atom stereocenters. The van der Waals surface area contributed by atoms with Crippen LogP contribution in [0.2, 0.25) is 0 Å². The second kappa shape index (κ2) is 17.0. The van der Waals surface area contributed by atoms with Crippen molar-refractivity contribution in [3.05, 3.63) is 56.6 Å². The molecule has 0 amide bonds. The van der Waals surface area contributed by atoms with Gasteiger partial charge in [-0.2, -0.15) is 0 Å². The third kappa shape index (κ3) is 12.1. The molecule has 0 radical (unpaired) electrons. The highest BCUT2D eigenvalue weighted by Crippen LogP contribution is 2.24. The Morgan fingerprint density at radius 2 is 1.50 bits per heavy atom. The highest BCUT2D eigenvalue weighted by molar-refractivity contribution is 9.10. The fourth-order valence-corrected chi connectivity index (χ4v) is 4.13. The average molecular weight is 631 g/mol. The quantitative estimate of drug-likeness (QED) is 0.302. The molecule has 178 valence electrons. The molecule has 1 fully saturated rings. The van der Waals surface area contributed by atoms with Crippen LogP contribution in [-0.2, 0) is 12.8 Å². The zero-order valence-electron chi connectivity index (χ0n) is 17.2. The minimum atomic E-state index is -0.750. The maximum atomic E-state index is 4.81. The minimum Gasteiger partial charge on any atom is -0.375 e. The van der Waals surface area contributed by atoms with Crippen molar-refractivity contribution in [1.82, 2.24) is 25.3 Å². The number of nitrogens with zero attached hydrogens (tertiary/aromatic N) is 5. The molecule has 0 atom stereocenters. The second-order valence-electron chi connectivity index (χ2n) is 7.11. The molecule has 3 aliphatic rings. The molecule has 0 N–H and O–H groups in total. The highest BCUT2D eigenvalue weighted by Gasteiger charge is 2.16. The van der Waals surface area contributed by atoms with E-state index in [2.05, 4.69) is 69.3 Å². The zero-order valence-corrected chi connectivity index (χ0v) is 22.6. The van der Waals surface area contributed by atoms with Crippen LogP contribution in [0.3, 0.4) is 0 Å². The number of alkyl halides is 3. The van der Waals surface area contributed by atoms with Crippen LogP contribution in [0.15, 0.2) is 45.4 Å². The summed E-state index contributed by atoms with van der Waals surface area (Å²) in [6.45, 7) is 2.65. The van der Waals surface area contributed by atoms with Gasteiger partial charge in [-0.25, -0.2) is 0 Å². The monoisotopic (exact) mass is 627 g/mol. The minimum absolute atomic E-state index is 0. The lowest BCUT2D eigenvalue weighted by molar-refractivity contribution is 0.415. The van der Waals surface area contributed by atoms with Gasteiger partial charge in [0.05, 0.1) is 16.9 Å². The maximum absolute atomic E-state index is 4.81. The number of rotatable bonds is 1. The van der Waals surface area contributed by atoms with Gasteiger partial charge in [-0.15, -0.1) is 10.2 Å². The van der Waals surface area contributed by atoms with E-state index in [1.54, 1.807) is 18.1 Å². The van der Waals surface area contributed by atoms with Gasteiger partial charge in [0.25, 0.3) is 0 Å². The van der Waals surface area contributed by atoms with E-state index in [0.29, 0.717) is 0 Å². The normalized spacial score (nSPS) is 15.8. The fourth-order valence-electron chi connectivity index (χ4n) is 3.57. The third-order valence-corrected chi connectivity index (χ3v) is 5.72. The Balaban J connectivity index is 0.000000222. The van der Waals surface area contributed by atoms with Crippen LogP contribution in [0.25, 0.3) is 0 Å². The van der Waals surface area contributed by atoms with E-state index in [-0.39, 0.29) is 7.43 Å². The summed E-state index contributed by atoms with van der Waals surface area (Å²) in [6, 6.07) is 2.18. The van der Waals surface area contributed by atoms with Gasteiger partial charge in [0.1, 0.15) is 0 Å². The van der Waals surface area contributed by atoms with Crippen molar-refractivity contribution < 1.29 is 0 Å². The Hall–Kier alpha value is -0.470. The molecule has 2 aliphatic carbocycles. The molecule has 1 saturated heterocycles. The van der Waals surface area contributed by atoms with Crippen LogP contribution in [0.1, 0.15) is 57.2 Å². The molecule has 0 spiro atoms. The summed E-state index contributed by atoms with van der Waals surface area (Å²) in [5, 5.41) is 10.3. The predicted octanol–water partition coefficient (Wildman–Crippen LogP) is 7.74. The first-order valence-electron chi connectivity index (χ1n) is 10.2. The lowest BCUT2D eigenvalue weighted by Gasteiger charge is -2.18. The first-order valence-corrected chi connectivity index (χ1v) is 13.1. The topological polar surface area (TPSA) is 54.8 Å². The van der Waals surface area contributed by atoms with E-state index in [4.69, 9.17) is 34.8 Å². The Kier molecular flexibility index (Phi) is 15.7. The Labute approximate surface area is 223 Å². The molecule has 3 heterocycles. The van der Waals surface area contributed by atoms with E-state index in [1.165, 1.54) is 75.7 Å². The van der Waals surface area contributed by atoms with Crippen molar-refractivity contribution in [1.29, 1.82) is 0 Å². The summed E-state index contributed by atoms with van der Waals surface area (Å²) in [5.41, 5.74) is 4.36. The summed E-state index contributed by atoms with van der Waals surface area (Å²) in [6.07, 6.45) is 18.0. The lowest BCUT2D eigenvalue weighted by atomic mass is 10.2. The number of fused-ring (bicyclic) bond motifs is 1. The number of likely N-dealkylation sites (tertiary alicyclic amines) is 1. The molecule has 5 rings (SSSR count). The number of allylic oxidation sites excluding steroid dienone is 2. The van der Waals surface area contributed by atoms with E-state index in [1.807, 2.05) is 6.20 Å². The van der Waals surface area contributed by atoms with Gasteiger partial charge in [-0.05, 0) is 100 Å². The molecule has 0 aromatic carbocycles. The van der Waals surface area contributed by atoms with E-state index in [0.717, 1.165) is 8.95 Å². The Morgan fingerprint density at radius 3 is 2.03 bits per heavy atom. The summed E-state index contributed by atoms with van der Waals surface area (Å²) in [7, 11) is 0. The smallest absolute Gasteiger partial charge is 0.180 e. The molecule has 0 bridgehead atoms. The van der Waals surface area contributed by atoms with Gasteiger partial charge in [0.2, 0.25) is 0 Å². The van der Waals surface area contributed by atoms with Gasteiger partial charge in [-0.3, -0.25) is 4.98 Å². The van der Waals surface area contributed by atoms with Gasteiger partial charge in [-0.1, -0.05) is 48.3 Å². The average Bonchev–Trinajstić information content (AvgIpc) is 3.50. The Morgan fingerprint density at radius 1 is 0.844 bits per heavy atom. The van der Waals surface area contributed by atoms with Crippen molar-refractivity contribution in [2.45, 2.75) is 63.1 Å². The maximum Gasteiger partial charge on any atom is 0.180 e. The van der Waals surface area contributed by atoms with Crippen LogP contribution >= 0.6 is 66.7 Å². The van der Waals surface area contributed by atoms with Gasteiger partial charge < -0.3 is 4.90 Å². The van der Waals surface area contributed by atoms with Crippen LogP contribution in [-0.4, -0.2) is 42.7 Å².